The summed E-state index contributed by atoms with van der Waals surface area (Å²) in [7, 11) is -3.50. The number of nitrogens with two attached hydrogens (primary N) is 1. The van der Waals surface area contributed by atoms with Gasteiger partial charge in [0.05, 0.1) is 9.93 Å². The van der Waals surface area contributed by atoms with Crippen molar-refractivity contribution in [2.24, 2.45) is 10.7 Å². The van der Waals surface area contributed by atoms with Crippen LogP contribution in [0.2, 0.25) is 0 Å². The second kappa shape index (κ2) is 8.47. The molecule has 0 saturated heterocycles. The molecule has 0 spiro atoms. The Labute approximate surface area is 171 Å². The third-order valence-corrected chi connectivity index (χ3v) is 5.73. The number of nitrogens with zero attached hydrogens (tertiary/aromatic N) is 3. The van der Waals surface area contributed by atoms with Gasteiger partial charge in [-0.25, -0.2) is 8.42 Å². The minimum Gasteiger partial charge on any atom is -0.480 e. The van der Waals surface area contributed by atoms with Gasteiger partial charge in [0.1, 0.15) is 23.0 Å². The Morgan fingerprint density at radius 3 is 2.55 bits per heavy atom. The molecule has 156 valence electrons. The second-order valence-electron chi connectivity index (χ2n) is 5.50. The van der Waals surface area contributed by atoms with Crippen LogP contribution in [0.4, 0.5) is 13.2 Å². The predicted molar refractivity (Wildman–Crippen MR) is 101 cm³/mol. The maximum Gasteiger partial charge on any atom is 0.432 e. The number of benzene rings is 1. The summed E-state index contributed by atoms with van der Waals surface area (Å²) in [4.78, 5) is 14.3. The summed E-state index contributed by atoms with van der Waals surface area (Å²) < 4.78 is 62.0. The topological polar surface area (TPSA) is 136 Å². The molecule has 0 atom stereocenters. The van der Waals surface area contributed by atoms with Gasteiger partial charge >= 0.3 is 12.1 Å². The van der Waals surface area contributed by atoms with Crippen molar-refractivity contribution in [2.75, 3.05) is 12.8 Å². The number of rotatable bonds is 6. The molecule has 0 aliphatic carbocycles. The van der Waals surface area contributed by atoms with Gasteiger partial charge in [0.15, 0.2) is 14.8 Å². The number of carboxylic acids is 1. The summed E-state index contributed by atoms with van der Waals surface area (Å²) in [6.45, 7) is -0.880. The molecule has 0 fully saturated rings. The van der Waals surface area contributed by atoms with Gasteiger partial charge in [-0.3, -0.25) is 9.79 Å². The van der Waals surface area contributed by atoms with Gasteiger partial charge in [0.2, 0.25) is 0 Å². The molecule has 0 amide bonds. The molecule has 1 aromatic carbocycles. The molecule has 8 nitrogen and oxygen atoms in total. The highest BCUT2D eigenvalue weighted by Crippen LogP contribution is 2.31. The monoisotopic (exact) mass is 468 g/mol. The van der Waals surface area contributed by atoms with Crippen LogP contribution in [0.3, 0.4) is 0 Å². The standard InChI is InChI=1S/C15H12ClF3N4O4S2/c1-29(26,27)8-4-2-3-7(5-8)13-22-23-14(28-13)11(21-6-9(24)25)10(16)12(20)15(17,18)19/h2-5H,6,20H2,1H3,(H,24,25). The van der Waals surface area contributed by atoms with Crippen LogP contribution in [0.5, 0.6) is 0 Å². The van der Waals surface area contributed by atoms with Gasteiger partial charge < -0.3 is 10.8 Å². The van der Waals surface area contributed by atoms with Crippen LogP contribution < -0.4 is 5.73 Å². The molecule has 0 bridgehead atoms. The van der Waals surface area contributed by atoms with Gasteiger partial charge in [-0.1, -0.05) is 35.1 Å². The van der Waals surface area contributed by atoms with E-state index in [4.69, 9.17) is 22.4 Å². The molecule has 3 N–H and O–H groups in total. The number of aliphatic imine (C=N–C) groups is 1. The van der Waals surface area contributed by atoms with E-state index in [1.165, 1.54) is 24.3 Å². The second-order valence-corrected chi connectivity index (χ2v) is 8.87. The lowest BCUT2D eigenvalue weighted by atomic mass is 10.2. The number of hydrogen-bond acceptors (Lipinski definition) is 8. The summed E-state index contributed by atoms with van der Waals surface area (Å²) in [6.07, 6.45) is -3.96. The summed E-state index contributed by atoms with van der Waals surface area (Å²) >= 11 is 6.45. The van der Waals surface area contributed by atoms with E-state index in [0.29, 0.717) is 5.56 Å². The Hall–Kier alpha value is -2.51. The van der Waals surface area contributed by atoms with Crippen molar-refractivity contribution in [3.8, 4) is 10.6 Å². The molecular weight excluding hydrogens is 457 g/mol. The number of allylic oxidation sites excluding steroid dienone is 2. The number of sulfone groups is 1. The lowest BCUT2D eigenvalue weighted by molar-refractivity contribution is -0.135. The first kappa shape index (κ1) is 22.8. The highest BCUT2D eigenvalue weighted by Gasteiger charge is 2.36. The van der Waals surface area contributed by atoms with Crippen LogP contribution in [0, 0.1) is 0 Å². The average molecular weight is 469 g/mol. The molecule has 1 heterocycles. The number of aliphatic carboxylic acids is 1. The summed E-state index contributed by atoms with van der Waals surface area (Å²) in [5, 5.41) is 15.2. The van der Waals surface area contributed by atoms with Crippen LogP contribution in [-0.2, 0) is 14.6 Å². The largest absolute Gasteiger partial charge is 0.480 e. The number of carbonyl (C=O) groups is 1. The Morgan fingerprint density at radius 2 is 2.00 bits per heavy atom. The molecule has 0 unspecified atom stereocenters. The summed E-state index contributed by atoms with van der Waals surface area (Å²) in [6, 6.07) is 5.66. The van der Waals surface area contributed by atoms with Crippen molar-refractivity contribution in [1.29, 1.82) is 0 Å². The van der Waals surface area contributed by atoms with E-state index < -0.39 is 45.0 Å². The lowest BCUT2D eigenvalue weighted by Crippen LogP contribution is -2.23. The summed E-state index contributed by atoms with van der Waals surface area (Å²) in [5.41, 5.74) is 3.08. The molecule has 0 saturated carbocycles. The number of aromatic nitrogens is 2. The van der Waals surface area contributed by atoms with Crippen LogP contribution in [0.15, 0.2) is 44.9 Å². The smallest absolute Gasteiger partial charge is 0.432 e. The van der Waals surface area contributed by atoms with E-state index in [1.54, 1.807) is 0 Å². The fourth-order valence-electron chi connectivity index (χ4n) is 1.92. The molecule has 0 radical (unpaired) electrons. The molecule has 2 aromatic rings. The van der Waals surface area contributed by atoms with Crippen LogP contribution in [-0.4, -0.2) is 54.4 Å². The lowest BCUT2D eigenvalue weighted by Gasteiger charge is -2.10. The fraction of sp³-hybridized carbons (Fsp3) is 0.200. The number of alkyl halides is 3. The van der Waals surface area contributed by atoms with Crippen molar-refractivity contribution < 1.29 is 31.5 Å². The van der Waals surface area contributed by atoms with E-state index >= 15 is 0 Å². The Kier molecular flexibility index (Phi) is 6.65. The Bertz CT molecular complexity index is 1110. The van der Waals surface area contributed by atoms with Crippen molar-refractivity contribution in [2.45, 2.75) is 11.1 Å². The van der Waals surface area contributed by atoms with Crippen molar-refractivity contribution in [3.05, 3.63) is 40.0 Å². The minimum absolute atomic E-state index is 0.00534. The van der Waals surface area contributed by atoms with Crippen LogP contribution >= 0.6 is 22.9 Å². The first-order chi connectivity index (χ1) is 13.3. The average Bonchev–Trinajstić information content (AvgIpc) is 3.09. The normalized spacial score (nSPS) is 13.9. The third kappa shape index (κ3) is 5.74. The van der Waals surface area contributed by atoms with E-state index in [0.717, 1.165) is 17.6 Å². The zero-order chi connectivity index (χ0) is 22.0. The highest BCUT2D eigenvalue weighted by atomic mass is 35.5. The maximum atomic E-state index is 12.9. The first-order valence-corrected chi connectivity index (χ1v) is 10.5. The van der Waals surface area contributed by atoms with E-state index in [2.05, 4.69) is 15.2 Å². The van der Waals surface area contributed by atoms with Crippen LogP contribution in [0.25, 0.3) is 10.6 Å². The first-order valence-electron chi connectivity index (χ1n) is 7.44. The van der Waals surface area contributed by atoms with E-state index in [-0.39, 0.29) is 14.9 Å². The van der Waals surface area contributed by atoms with Gasteiger partial charge in [0, 0.05) is 11.8 Å². The van der Waals surface area contributed by atoms with E-state index in [1.807, 2.05) is 0 Å². The minimum atomic E-state index is -4.97. The molecule has 29 heavy (non-hydrogen) atoms. The predicted octanol–water partition coefficient (Wildman–Crippen LogP) is 2.45. The third-order valence-electron chi connectivity index (χ3n) is 3.26. The van der Waals surface area contributed by atoms with Crippen molar-refractivity contribution in [1.82, 2.24) is 10.2 Å². The zero-order valence-corrected chi connectivity index (χ0v) is 16.8. The van der Waals surface area contributed by atoms with Crippen LogP contribution in [0.1, 0.15) is 5.01 Å². The number of halogens is 4. The summed E-state index contributed by atoms with van der Waals surface area (Å²) in [5.74, 6) is -1.41. The fourth-order valence-corrected chi connectivity index (χ4v) is 3.76. The number of hydrogen-bond donors (Lipinski definition) is 2. The number of carboxylic acid groups (broad SMARTS) is 1. The SMILES string of the molecule is CS(=O)(=O)c1cccc(-c2nnc(C(=NCC(=O)O)C(Cl)=C(N)C(F)(F)F)s2)c1. The Balaban J connectivity index is 2.55. The zero-order valence-electron chi connectivity index (χ0n) is 14.4. The van der Waals surface area contributed by atoms with E-state index in [9.17, 15) is 26.4 Å². The quantitative estimate of drug-likeness (QED) is 0.621. The maximum absolute atomic E-state index is 12.9. The Morgan fingerprint density at radius 1 is 1.34 bits per heavy atom. The highest BCUT2D eigenvalue weighted by molar-refractivity contribution is 7.90. The molecular formula is C15H12ClF3N4O4S2. The van der Waals surface area contributed by atoms with Crippen molar-refractivity contribution in [3.63, 3.8) is 0 Å². The van der Waals surface area contributed by atoms with Gasteiger partial charge in [-0.15, -0.1) is 10.2 Å². The molecule has 14 heteroatoms. The molecule has 2 rings (SSSR count). The molecule has 0 aliphatic heterocycles. The van der Waals surface area contributed by atoms with Gasteiger partial charge in [-0.2, -0.15) is 13.2 Å². The van der Waals surface area contributed by atoms with Crippen molar-refractivity contribution >= 4 is 44.5 Å². The van der Waals surface area contributed by atoms with Gasteiger partial charge in [-0.05, 0) is 12.1 Å². The molecule has 0 aliphatic rings. The van der Waals surface area contributed by atoms with Gasteiger partial charge in [0.25, 0.3) is 0 Å². The molecule has 1 aromatic heterocycles.